The third-order valence-corrected chi connectivity index (χ3v) is 3.12. The van der Waals surface area contributed by atoms with E-state index in [1.807, 2.05) is 24.3 Å². The Bertz CT molecular complexity index is 311. The maximum absolute atomic E-state index is 5.68. The Kier molecular flexibility index (Phi) is 2.62. The van der Waals surface area contributed by atoms with E-state index >= 15 is 0 Å². The fraction of sp³-hybridized carbons (Fsp3) is 0.500. The van der Waals surface area contributed by atoms with Gasteiger partial charge in [0.15, 0.2) is 0 Å². The zero-order valence-electron chi connectivity index (χ0n) is 8.57. The van der Waals surface area contributed by atoms with Gasteiger partial charge >= 0.3 is 0 Å². The van der Waals surface area contributed by atoms with Crippen LogP contribution >= 0.6 is 0 Å². The average molecular weight is 191 g/mol. The standard InChI is InChI=1S/C12H17NO/c1-9-5-6-10(9)8-14-12-4-2-3-11(13)7-12/h2-4,7,9-10H,5-6,8,13H2,1H3/t9-,10+/m1/s1. The highest BCUT2D eigenvalue weighted by molar-refractivity contribution is 5.43. The maximum atomic E-state index is 5.68. The Morgan fingerprint density at radius 3 is 2.86 bits per heavy atom. The Labute approximate surface area is 85.1 Å². The minimum atomic E-state index is 0.747. The van der Waals surface area contributed by atoms with Gasteiger partial charge in [-0.05, 0) is 36.8 Å². The molecule has 76 valence electrons. The molecule has 0 spiro atoms. The van der Waals surface area contributed by atoms with E-state index in [1.54, 1.807) is 0 Å². The second-order valence-electron chi connectivity index (χ2n) is 4.20. The van der Waals surface area contributed by atoms with Crippen molar-refractivity contribution in [2.24, 2.45) is 11.8 Å². The number of hydrogen-bond acceptors (Lipinski definition) is 2. The summed E-state index contributed by atoms with van der Waals surface area (Å²) in [5.74, 6) is 2.47. The predicted octanol–water partition coefficient (Wildman–Crippen LogP) is 2.69. The molecule has 2 N–H and O–H groups in total. The van der Waals surface area contributed by atoms with Crippen LogP contribution in [-0.4, -0.2) is 6.61 Å². The fourth-order valence-electron chi connectivity index (χ4n) is 1.79. The van der Waals surface area contributed by atoms with Gasteiger partial charge in [-0.25, -0.2) is 0 Å². The monoisotopic (exact) mass is 191 g/mol. The zero-order chi connectivity index (χ0) is 9.97. The lowest BCUT2D eigenvalue weighted by molar-refractivity contribution is 0.116. The van der Waals surface area contributed by atoms with Crippen molar-refractivity contribution in [3.05, 3.63) is 24.3 Å². The first-order valence-corrected chi connectivity index (χ1v) is 5.24. The molecule has 0 aromatic heterocycles. The molecular weight excluding hydrogens is 174 g/mol. The fourth-order valence-corrected chi connectivity index (χ4v) is 1.79. The second-order valence-corrected chi connectivity index (χ2v) is 4.20. The first-order valence-electron chi connectivity index (χ1n) is 5.24. The number of nitrogens with two attached hydrogens (primary N) is 1. The Hall–Kier alpha value is -1.18. The van der Waals surface area contributed by atoms with Crippen molar-refractivity contribution in [3.63, 3.8) is 0 Å². The number of rotatable bonds is 3. The highest BCUT2D eigenvalue weighted by Gasteiger charge is 2.26. The first-order chi connectivity index (χ1) is 6.75. The van der Waals surface area contributed by atoms with Crippen LogP contribution < -0.4 is 10.5 Å². The van der Waals surface area contributed by atoms with Crippen LogP contribution in [0.2, 0.25) is 0 Å². The van der Waals surface area contributed by atoms with E-state index in [1.165, 1.54) is 12.8 Å². The third-order valence-electron chi connectivity index (χ3n) is 3.12. The highest BCUT2D eigenvalue weighted by atomic mass is 16.5. The lowest BCUT2D eigenvalue weighted by atomic mass is 9.75. The second kappa shape index (κ2) is 3.91. The Balaban J connectivity index is 1.85. The molecule has 2 heteroatoms. The molecule has 0 amide bonds. The van der Waals surface area contributed by atoms with Crippen LogP contribution in [0.15, 0.2) is 24.3 Å². The van der Waals surface area contributed by atoms with Gasteiger partial charge in [0.2, 0.25) is 0 Å². The molecule has 2 rings (SSSR count). The Morgan fingerprint density at radius 1 is 1.43 bits per heavy atom. The maximum Gasteiger partial charge on any atom is 0.121 e. The van der Waals surface area contributed by atoms with E-state index < -0.39 is 0 Å². The molecule has 0 radical (unpaired) electrons. The summed E-state index contributed by atoms with van der Waals surface area (Å²) < 4.78 is 5.68. The zero-order valence-corrected chi connectivity index (χ0v) is 8.57. The van der Waals surface area contributed by atoms with Crippen molar-refractivity contribution in [3.8, 4) is 5.75 Å². The Morgan fingerprint density at radius 2 is 2.29 bits per heavy atom. The summed E-state index contributed by atoms with van der Waals surface area (Å²) in [4.78, 5) is 0. The summed E-state index contributed by atoms with van der Waals surface area (Å²) in [5.41, 5.74) is 6.43. The van der Waals surface area contributed by atoms with Gasteiger partial charge in [-0.3, -0.25) is 0 Å². The van der Waals surface area contributed by atoms with E-state index in [9.17, 15) is 0 Å². The van der Waals surface area contributed by atoms with Gasteiger partial charge in [0, 0.05) is 11.8 Å². The van der Waals surface area contributed by atoms with Gasteiger partial charge in [-0.1, -0.05) is 13.0 Å². The summed E-state index contributed by atoms with van der Waals surface area (Å²) in [5, 5.41) is 0. The van der Waals surface area contributed by atoms with Gasteiger partial charge in [-0.2, -0.15) is 0 Å². The topological polar surface area (TPSA) is 35.2 Å². The molecule has 1 saturated carbocycles. The number of anilines is 1. The molecule has 2 nitrogen and oxygen atoms in total. The molecule has 0 saturated heterocycles. The number of ether oxygens (including phenoxy) is 1. The molecule has 1 aromatic carbocycles. The molecule has 1 aromatic rings. The van der Waals surface area contributed by atoms with Gasteiger partial charge in [0.25, 0.3) is 0 Å². The van der Waals surface area contributed by atoms with Crippen molar-refractivity contribution in [1.29, 1.82) is 0 Å². The summed E-state index contributed by atoms with van der Waals surface area (Å²) in [6.07, 6.45) is 2.66. The quantitative estimate of drug-likeness (QED) is 0.745. The molecule has 14 heavy (non-hydrogen) atoms. The minimum absolute atomic E-state index is 0.747. The summed E-state index contributed by atoms with van der Waals surface area (Å²) in [6.45, 7) is 3.13. The number of hydrogen-bond donors (Lipinski definition) is 1. The van der Waals surface area contributed by atoms with Crippen LogP contribution in [0.5, 0.6) is 5.75 Å². The first kappa shape index (κ1) is 9.38. The molecule has 1 aliphatic carbocycles. The van der Waals surface area contributed by atoms with E-state index in [0.29, 0.717) is 0 Å². The molecule has 0 aliphatic heterocycles. The normalized spacial score (nSPS) is 25.5. The average Bonchev–Trinajstić information content (AvgIpc) is 2.16. The van der Waals surface area contributed by atoms with Crippen LogP contribution in [-0.2, 0) is 0 Å². The summed E-state index contributed by atoms with van der Waals surface area (Å²) in [7, 11) is 0. The molecule has 0 unspecified atom stereocenters. The lowest BCUT2D eigenvalue weighted by Gasteiger charge is -2.33. The van der Waals surface area contributed by atoms with Gasteiger partial charge in [0.1, 0.15) is 5.75 Å². The van der Waals surface area contributed by atoms with Crippen molar-refractivity contribution >= 4 is 5.69 Å². The van der Waals surface area contributed by atoms with Crippen LogP contribution in [0.4, 0.5) is 5.69 Å². The van der Waals surface area contributed by atoms with E-state index in [0.717, 1.165) is 29.9 Å². The molecule has 1 aliphatic rings. The predicted molar refractivity (Wildman–Crippen MR) is 58.2 cm³/mol. The molecular formula is C12H17NO. The van der Waals surface area contributed by atoms with Gasteiger partial charge in [0.05, 0.1) is 6.61 Å². The largest absolute Gasteiger partial charge is 0.493 e. The highest BCUT2D eigenvalue weighted by Crippen LogP contribution is 2.33. The molecule has 0 bridgehead atoms. The number of nitrogen functional groups attached to an aromatic ring is 1. The lowest BCUT2D eigenvalue weighted by Crippen LogP contribution is -2.28. The van der Waals surface area contributed by atoms with E-state index in [-0.39, 0.29) is 0 Å². The molecule has 1 fully saturated rings. The van der Waals surface area contributed by atoms with Gasteiger partial charge in [-0.15, -0.1) is 0 Å². The molecule has 2 atom stereocenters. The van der Waals surface area contributed by atoms with Crippen LogP contribution in [0, 0.1) is 11.8 Å². The van der Waals surface area contributed by atoms with E-state index in [4.69, 9.17) is 10.5 Å². The van der Waals surface area contributed by atoms with Crippen LogP contribution in [0.25, 0.3) is 0 Å². The smallest absolute Gasteiger partial charge is 0.121 e. The van der Waals surface area contributed by atoms with Crippen molar-refractivity contribution in [1.82, 2.24) is 0 Å². The van der Waals surface area contributed by atoms with Crippen LogP contribution in [0.1, 0.15) is 19.8 Å². The van der Waals surface area contributed by atoms with Crippen molar-refractivity contribution in [2.75, 3.05) is 12.3 Å². The third kappa shape index (κ3) is 2.00. The van der Waals surface area contributed by atoms with Crippen LogP contribution in [0.3, 0.4) is 0 Å². The SMILES string of the molecule is C[C@@H]1CC[C@H]1COc1cccc(N)c1. The van der Waals surface area contributed by atoms with E-state index in [2.05, 4.69) is 6.92 Å². The van der Waals surface area contributed by atoms with Gasteiger partial charge < -0.3 is 10.5 Å². The number of benzene rings is 1. The van der Waals surface area contributed by atoms with Crippen molar-refractivity contribution in [2.45, 2.75) is 19.8 Å². The summed E-state index contributed by atoms with van der Waals surface area (Å²) in [6, 6.07) is 7.64. The van der Waals surface area contributed by atoms with Crippen molar-refractivity contribution < 1.29 is 4.74 Å². The summed E-state index contributed by atoms with van der Waals surface area (Å²) >= 11 is 0. The molecule has 0 heterocycles. The minimum Gasteiger partial charge on any atom is -0.493 e.